The molecule has 1 unspecified atom stereocenters. The van der Waals surface area contributed by atoms with Gasteiger partial charge in [-0.05, 0) is 73.0 Å². The quantitative estimate of drug-likeness (QED) is 0.256. The highest BCUT2D eigenvalue weighted by Crippen LogP contribution is 2.48. The summed E-state index contributed by atoms with van der Waals surface area (Å²) < 4.78 is 17.4. The van der Waals surface area contributed by atoms with Crippen molar-refractivity contribution in [3.63, 3.8) is 0 Å². The minimum absolute atomic E-state index is 0.0110. The molecule has 1 N–H and O–H groups in total. The number of likely N-dealkylation sites (N-methyl/N-ethyl adjacent to an activating group) is 1. The van der Waals surface area contributed by atoms with Crippen LogP contribution >= 0.6 is 0 Å². The van der Waals surface area contributed by atoms with Gasteiger partial charge >= 0.3 is 0 Å². The van der Waals surface area contributed by atoms with Crippen molar-refractivity contribution in [3.8, 4) is 29.0 Å². The summed E-state index contributed by atoms with van der Waals surface area (Å²) in [5.41, 5.74) is 1.60. The van der Waals surface area contributed by atoms with E-state index < -0.39 is 5.82 Å². The first kappa shape index (κ1) is 28.2. The number of phenolic OH excluding ortho intramolecular Hbond substituents is 1. The van der Waals surface area contributed by atoms with Crippen molar-refractivity contribution in [2.45, 2.75) is 31.7 Å². The first-order valence-corrected chi connectivity index (χ1v) is 14.5. The number of aryl methyl sites for hydroxylation is 1. The maximum atomic E-state index is 17.4. The summed E-state index contributed by atoms with van der Waals surface area (Å²) in [4.78, 5) is 15.2. The number of anilines is 2. The molecule has 1 aromatic heterocycles. The number of nitrogens with zero attached hydrogens (tertiary/aromatic N) is 7. The molecule has 0 amide bonds. The highest BCUT2D eigenvalue weighted by molar-refractivity contribution is 6.10. The minimum Gasteiger partial charge on any atom is -0.508 e. The second kappa shape index (κ2) is 11.4. The average molecular weight is 574 g/mol. The van der Waals surface area contributed by atoms with Gasteiger partial charge in [0.05, 0.1) is 18.7 Å². The molecule has 0 spiro atoms. The molecule has 8 nitrogen and oxygen atoms in total. The molecule has 1 atom stereocenters. The molecule has 0 bridgehead atoms. The summed E-state index contributed by atoms with van der Waals surface area (Å²) in [6, 6.07) is 17.4. The number of nitriles is 2. The molecule has 3 heterocycles. The predicted octanol–water partition coefficient (Wildman–Crippen LogP) is 6.40. The second-order valence-electron chi connectivity index (χ2n) is 11.7. The standard InChI is InChI=1S/C34H32FN7O/c1-38-32-30-28(33(41-14-11-21(18-41)10-13-37)39-34(32)42-19-24(20-42)40(2)3)16-23(8-6-12-36)29(31(30)35)27-17-25(43)15-22-7-4-5-9-26(22)27/h4-5,7,9,15-17,21,24,43H,6,8,10-11,14,18-20H2,2-3H3. The zero-order valence-electron chi connectivity index (χ0n) is 24.3. The molecule has 2 aliphatic heterocycles. The lowest BCUT2D eigenvalue weighted by Gasteiger charge is -2.44. The molecule has 2 saturated heterocycles. The van der Waals surface area contributed by atoms with Crippen molar-refractivity contribution < 1.29 is 9.50 Å². The summed E-state index contributed by atoms with van der Waals surface area (Å²) in [5.74, 6) is 0.727. The number of aromatic nitrogens is 1. The van der Waals surface area contributed by atoms with Crippen molar-refractivity contribution in [2.75, 3.05) is 50.1 Å². The van der Waals surface area contributed by atoms with E-state index in [1.165, 1.54) is 0 Å². The summed E-state index contributed by atoms with van der Waals surface area (Å²) in [6.07, 6.45) is 1.75. The molecule has 216 valence electrons. The van der Waals surface area contributed by atoms with Crippen LogP contribution in [0.25, 0.3) is 37.5 Å². The van der Waals surface area contributed by atoms with Gasteiger partial charge in [-0.15, -0.1) is 0 Å². The zero-order chi connectivity index (χ0) is 30.2. The third-order valence-corrected chi connectivity index (χ3v) is 8.84. The number of aromatic hydroxyl groups is 1. The van der Waals surface area contributed by atoms with Crippen LogP contribution in [0.3, 0.4) is 0 Å². The lowest BCUT2D eigenvalue weighted by Crippen LogP contribution is -2.57. The van der Waals surface area contributed by atoms with E-state index in [-0.39, 0.29) is 29.2 Å². The monoisotopic (exact) mass is 573 g/mol. The smallest absolute Gasteiger partial charge is 0.239 e. The Morgan fingerprint density at radius 1 is 1.07 bits per heavy atom. The van der Waals surface area contributed by atoms with E-state index in [1.54, 1.807) is 12.1 Å². The van der Waals surface area contributed by atoms with E-state index in [9.17, 15) is 15.6 Å². The van der Waals surface area contributed by atoms with E-state index >= 15 is 4.39 Å². The second-order valence-corrected chi connectivity index (χ2v) is 11.7. The normalized spacial score (nSPS) is 16.8. The van der Waals surface area contributed by atoms with Crippen LogP contribution in [0.1, 0.15) is 24.8 Å². The van der Waals surface area contributed by atoms with Crippen molar-refractivity contribution in [1.82, 2.24) is 9.88 Å². The number of benzene rings is 3. The van der Waals surface area contributed by atoms with Crippen molar-refractivity contribution >= 4 is 38.9 Å². The minimum atomic E-state index is -0.547. The maximum absolute atomic E-state index is 17.4. The van der Waals surface area contributed by atoms with Crippen LogP contribution in [0.4, 0.5) is 21.7 Å². The van der Waals surface area contributed by atoms with E-state index in [1.807, 2.05) is 49.3 Å². The number of hydrogen-bond donors (Lipinski definition) is 1. The van der Waals surface area contributed by atoms with Gasteiger partial charge in [0.2, 0.25) is 5.69 Å². The molecule has 4 aromatic rings. The number of pyridine rings is 1. The highest BCUT2D eigenvalue weighted by atomic mass is 19.1. The maximum Gasteiger partial charge on any atom is 0.239 e. The molecule has 6 rings (SSSR count). The Kier molecular flexibility index (Phi) is 7.48. The Labute approximate surface area is 250 Å². The summed E-state index contributed by atoms with van der Waals surface area (Å²) >= 11 is 0. The fourth-order valence-electron chi connectivity index (χ4n) is 6.46. The van der Waals surface area contributed by atoms with Crippen LogP contribution in [0.5, 0.6) is 5.75 Å². The fraction of sp³-hybridized carbons (Fsp3) is 0.353. The summed E-state index contributed by atoms with van der Waals surface area (Å²) in [6.45, 7) is 10.9. The fourth-order valence-corrected chi connectivity index (χ4v) is 6.46. The largest absolute Gasteiger partial charge is 0.508 e. The molecule has 2 fully saturated rings. The van der Waals surface area contributed by atoms with Gasteiger partial charge in [0.1, 0.15) is 23.2 Å². The number of hydrogen-bond acceptors (Lipinski definition) is 7. The number of phenols is 1. The van der Waals surface area contributed by atoms with Crippen LogP contribution in [-0.2, 0) is 6.42 Å². The van der Waals surface area contributed by atoms with Crippen LogP contribution in [0, 0.1) is 41.0 Å². The van der Waals surface area contributed by atoms with Gasteiger partial charge in [-0.2, -0.15) is 10.5 Å². The van der Waals surface area contributed by atoms with Crippen molar-refractivity contribution in [2.24, 2.45) is 5.92 Å². The van der Waals surface area contributed by atoms with Gasteiger partial charge in [-0.25, -0.2) is 14.2 Å². The Bertz CT molecular complexity index is 1860. The van der Waals surface area contributed by atoms with Gasteiger partial charge in [0, 0.05) is 61.4 Å². The van der Waals surface area contributed by atoms with Crippen molar-refractivity contribution in [1.29, 1.82) is 10.5 Å². The molecule has 9 heteroatoms. The van der Waals surface area contributed by atoms with E-state index in [2.05, 4.69) is 26.8 Å². The van der Waals surface area contributed by atoms with E-state index in [0.29, 0.717) is 78.8 Å². The Morgan fingerprint density at radius 3 is 2.58 bits per heavy atom. The topological polar surface area (TPSA) is 94.8 Å². The predicted molar refractivity (Wildman–Crippen MR) is 167 cm³/mol. The first-order valence-electron chi connectivity index (χ1n) is 14.5. The zero-order valence-corrected chi connectivity index (χ0v) is 24.3. The Hall–Kier alpha value is -4.91. The summed E-state index contributed by atoms with van der Waals surface area (Å²) in [7, 11) is 4.04. The Balaban J connectivity index is 1.66. The summed E-state index contributed by atoms with van der Waals surface area (Å²) in [5, 5.41) is 31.7. The molecule has 0 aliphatic carbocycles. The lowest BCUT2D eigenvalue weighted by atomic mass is 9.89. The molecule has 3 aromatic carbocycles. The highest BCUT2D eigenvalue weighted by Gasteiger charge is 2.35. The molecule has 0 radical (unpaired) electrons. The third-order valence-electron chi connectivity index (χ3n) is 8.84. The average Bonchev–Trinajstić information content (AvgIpc) is 3.43. The van der Waals surface area contributed by atoms with Gasteiger partial charge < -0.3 is 19.8 Å². The molecule has 0 saturated carbocycles. The number of halogens is 1. The van der Waals surface area contributed by atoms with E-state index in [4.69, 9.17) is 11.6 Å². The molecule has 2 aliphatic rings. The third kappa shape index (κ3) is 4.95. The van der Waals surface area contributed by atoms with Crippen LogP contribution < -0.4 is 9.80 Å². The van der Waals surface area contributed by atoms with Gasteiger partial charge in [-0.1, -0.05) is 24.3 Å². The van der Waals surface area contributed by atoms with Crippen LogP contribution in [0.15, 0.2) is 42.5 Å². The molecular formula is C34H32FN7O. The lowest BCUT2D eigenvalue weighted by molar-refractivity contribution is 0.246. The van der Waals surface area contributed by atoms with Gasteiger partial charge in [0.15, 0.2) is 0 Å². The van der Waals surface area contributed by atoms with Crippen LogP contribution in [-0.4, -0.2) is 61.3 Å². The number of fused-ring (bicyclic) bond motifs is 2. The Morgan fingerprint density at radius 2 is 1.86 bits per heavy atom. The van der Waals surface area contributed by atoms with Crippen molar-refractivity contribution in [3.05, 3.63) is 65.3 Å². The first-order chi connectivity index (χ1) is 20.8. The van der Waals surface area contributed by atoms with E-state index in [0.717, 1.165) is 17.2 Å². The molecular weight excluding hydrogens is 541 g/mol. The number of rotatable bonds is 7. The molecule has 43 heavy (non-hydrogen) atoms. The van der Waals surface area contributed by atoms with Gasteiger partial charge in [-0.3, -0.25) is 0 Å². The SMILES string of the molecule is [C-]#[N+]c1c(N2CC(N(C)C)C2)nc(N2CCC(CC#N)C2)c2cc(CCC#N)c(-c3cc(O)cc4ccccc34)c(F)c12. The van der Waals surface area contributed by atoms with Crippen LogP contribution in [0.2, 0.25) is 0 Å². The van der Waals surface area contributed by atoms with Gasteiger partial charge in [0.25, 0.3) is 0 Å².